The van der Waals surface area contributed by atoms with Crippen LogP contribution in [0.3, 0.4) is 0 Å². The fourth-order valence-corrected chi connectivity index (χ4v) is 2.56. The molecule has 0 atom stereocenters. The van der Waals surface area contributed by atoms with Crippen LogP contribution in [-0.2, 0) is 34.6 Å². The molecule has 0 saturated heterocycles. The fourth-order valence-electron chi connectivity index (χ4n) is 2.56. The van der Waals surface area contributed by atoms with Crippen molar-refractivity contribution in [3.05, 3.63) is 120 Å². The Kier molecular flexibility index (Phi) is 24.8. The van der Waals surface area contributed by atoms with E-state index in [9.17, 15) is 15.3 Å². The average molecular weight is 609 g/mol. The van der Waals surface area contributed by atoms with Gasteiger partial charge in [0.15, 0.2) is 0 Å². The summed E-state index contributed by atoms with van der Waals surface area (Å²) in [5.74, 6) is 0. The van der Waals surface area contributed by atoms with E-state index in [4.69, 9.17) is 0 Å². The Hall–Kier alpha value is -2.01. The minimum absolute atomic E-state index is 0. The van der Waals surface area contributed by atoms with Gasteiger partial charge < -0.3 is 15.3 Å². The van der Waals surface area contributed by atoms with Crippen molar-refractivity contribution in [2.24, 2.45) is 5.41 Å². The fraction of sp³-hybridized carbons (Fsp3) is 0.474. The summed E-state index contributed by atoms with van der Waals surface area (Å²) in [6.45, 7) is 19.1. The summed E-state index contributed by atoms with van der Waals surface area (Å²) in [5, 5.41) is 30.3. The summed E-state index contributed by atoms with van der Waals surface area (Å²) in [4.78, 5) is 0. The minimum atomic E-state index is -0.750. The molecule has 0 N–H and O–H groups in total. The maximum absolute atomic E-state index is 10.1. The standard InChI is InChI=1S/C18H18.C8H11.3C4H9O.Ti/c1(5-11-17-13-7-3-8-14-17)2-6-12-18-15-9-4-10-16-18;1-8(2)6-4-3-5-7-8;3*1-4(2,3)5;/h1-10,13-16H,11-12H2;3-5H,6H2,1-2H3;3*1-3H3;/q;4*-1;+4. The molecule has 0 saturated carbocycles. The van der Waals surface area contributed by atoms with Crippen molar-refractivity contribution in [1.29, 1.82) is 0 Å². The first-order valence-electron chi connectivity index (χ1n) is 14.4. The summed E-state index contributed by atoms with van der Waals surface area (Å²) < 4.78 is 0. The van der Waals surface area contributed by atoms with Crippen molar-refractivity contribution in [1.82, 2.24) is 0 Å². The molecule has 2 aromatic rings. The van der Waals surface area contributed by atoms with Crippen molar-refractivity contribution >= 4 is 0 Å². The number of hydrogen-bond donors (Lipinski definition) is 0. The third kappa shape index (κ3) is 47.8. The zero-order chi connectivity index (χ0) is 32.0. The van der Waals surface area contributed by atoms with Crippen molar-refractivity contribution in [2.75, 3.05) is 0 Å². The van der Waals surface area contributed by atoms with Gasteiger partial charge >= 0.3 is 21.7 Å². The Morgan fingerprint density at radius 1 is 0.643 bits per heavy atom. The number of hydrogen-bond acceptors (Lipinski definition) is 3. The van der Waals surface area contributed by atoms with E-state index in [0.717, 1.165) is 19.3 Å². The van der Waals surface area contributed by atoms with Gasteiger partial charge in [-0.15, -0.1) is 16.8 Å². The van der Waals surface area contributed by atoms with E-state index in [0.29, 0.717) is 0 Å². The molecule has 0 aromatic heterocycles. The minimum Gasteiger partial charge on any atom is -0.850 e. The molecule has 0 fully saturated rings. The number of allylic oxidation sites excluding steroid dienone is 8. The normalized spacial score (nSPS) is 13.7. The van der Waals surface area contributed by atoms with Gasteiger partial charge in [-0.1, -0.05) is 173 Å². The second kappa shape index (κ2) is 23.5. The molecule has 42 heavy (non-hydrogen) atoms. The molecule has 2 aromatic carbocycles. The molecule has 0 aliphatic heterocycles. The van der Waals surface area contributed by atoms with Crippen molar-refractivity contribution in [2.45, 2.75) is 112 Å². The van der Waals surface area contributed by atoms with Crippen molar-refractivity contribution in [3.8, 4) is 0 Å². The maximum atomic E-state index is 10.1. The van der Waals surface area contributed by atoms with E-state index in [1.54, 1.807) is 62.3 Å². The quantitative estimate of drug-likeness (QED) is 0.203. The predicted molar refractivity (Wildman–Crippen MR) is 173 cm³/mol. The molecule has 1 aliphatic carbocycles. The Bertz CT molecular complexity index is 902. The monoisotopic (exact) mass is 608 g/mol. The summed E-state index contributed by atoms with van der Waals surface area (Å²) in [6.07, 6.45) is 21.2. The van der Waals surface area contributed by atoms with Gasteiger partial charge in [0, 0.05) is 0 Å². The third-order valence-electron chi connectivity index (χ3n) is 4.11. The summed E-state index contributed by atoms with van der Waals surface area (Å²) in [6, 6.07) is 21.0. The molecule has 0 amide bonds. The first-order chi connectivity index (χ1) is 18.7. The predicted octanol–water partition coefficient (Wildman–Crippen LogP) is 7.35. The summed E-state index contributed by atoms with van der Waals surface area (Å²) >= 11 is 0. The Morgan fingerprint density at radius 3 is 1.17 bits per heavy atom. The number of rotatable bonds is 5. The van der Waals surface area contributed by atoms with Gasteiger partial charge in [0.1, 0.15) is 0 Å². The Morgan fingerprint density at radius 2 is 0.952 bits per heavy atom. The van der Waals surface area contributed by atoms with E-state index in [1.165, 1.54) is 11.1 Å². The summed E-state index contributed by atoms with van der Waals surface area (Å²) in [5.41, 5.74) is 0.741. The van der Waals surface area contributed by atoms with Crippen LogP contribution in [-0.4, -0.2) is 16.8 Å². The van der Waals surface area contributed by atoms with Crippen LogP contribution in [0, 0.1) is 11.5 Å². The Labute approximate surface area is 274 Å². The van der Waals surface area contributed by atoms with E-state index in [-0.39, 0.29) is 27.1 Å². The molecular weight excluding hydrogens is 552 g/mol. The summed E-state index contributed by atoms with van der Waals surface area (Å²) in [7, 11) is 0. The zero-order valence-electron chi connectivity index (χ0n) is 28.2. The molecule has 3 rings (SSSR count). The topological polar surface area (TPSA) is 69.2 Å². The molecule has 230 valence electrons. The van der Waals surface area contributed by atoms with Gasteiger partial charge in [-0.3, -0.25) is 6.08 Å². The van der Waals surface area contributed by atoms with Gasteiger partial charge in [-0.2, -0.15) is 6.08 Å². The van der Waals surface area contributed by atoms with Crippen LogP contribution in [0.4, 0.5) is 0 Å². The van der Waals surface area contributed by atoms with E-state index < -0.39 is 16.8 Å². The first-order valence-corrected chi connectivity index (χ1v) is 14.4. The smallest absolute Gasteiger partial charge is 0.850 e. The molecule has 3 nitrogen and oxygen atoms in total. The van der Waals surface area contributed by atoms with E-state index >= 15 is 0 Å². The van der Waals surface area contributed by atoms with Crippen LogP contribution in [0.2, 0.25) is 0 Å². The molecule has 1 aliphatic rings. The maximum Gasteiger partial charge on any atom is 4.00 e. The van der Waals surface area contributed by atoms with Gasteiger partial charge in [0.05, 0.1) is 0 Å². The van der Waals surface area contributed by atoms with Crippen LogP contribution in [0.1, 0.15) is 93.7 Å². The molecule has 4 heteroatoms. The molecular formula is C38H56O3Ti. The van der Waals surface area contributed by atoms with Crippen LogP contribution >= 0.6 is 0 Å². The molecule has 0 radical (unpaired) electrons. The van der Waals surface area contributed by atoms with Gasteiger partial charge in [-0.05, 0) is 24.0 Å². The second-order valence-electron chi connectivity index (χ2n) is 13.4. The van der Waals surface area contributed by atoms with E-state index in [2.05, 4.69) is 98.8 Å². The van der Waals surface area contributed by atoms with Crippen molar-refractivity contribution < 1.29 is 37.0 Å². The van der Waals surface area contributed by atoms with Gasteiger partial charge in [-0.25, -0.2) is 12.2 Å². The SMILES string of the molecule is C(C=CCc1ccccc1)=CCc1ccccc1.CC(C)(C)[O-].CC(C)(C)[O-].CC(C)(C)[O-].CC1(C)[C-]=CC=CC1.[Ti+4]. The van der Waals surface area contributed by atoms with Crippen LogP contribution in [0.15, 0.2) is 103 Å². The molecule has 0 bridgehead atoms. The van der Waals surface area contributed by atoms with Crippen LogP contribution < -0.4 is 15.3 Å². The van der Waals surface area contributed by atoms with Gasteiger partial charge in [0.2, 0.25) is 0 Å². The zero-order valence-corrected chi connectivity index (χ0v) is 29.7. The first kappa shape index (κ1) is 44.4. The average Bonchev–Trinajstić information content (AvgIpc) is 2.80. The molecule has 0 spiro atoms. The third-order valence-corrected chi connectivity index (χ3v) is 4.11. The largest absolute Gasteiger partial charge is 4.00 e. The van der Waals surface area contributed by atoms with Gasteiger partial charge in [0.25, 0.3) is 0 Å². The van der Waals surface area contributed by atoms with Crippen molar-refractivity contribution in [3.63, 3.8) is 0 Å². The number of benzene rings is 2. The second-order valence-corrected chi connectivity index (χ2v) is 13.4. The Balaban J connectivity index is -0.000000527. The van der Waals surface area contributed by atoms with E-state index in [1.807, 2.05) is 24.3 Å². The van der Waals surface area contributed by atoms with Crippen LogP contribution in [0.5, 0.6) is 0 Å². The molecule has 0 heterocycles. The van der Waals surface area contributed by atoms with Crippen LogP contribution in [0.25, 0.3) is 0 Å². The molecule has 0 unspecified atom stereocenters.